The van der Waals surface area contributed by atoms with E-state index in [2.05, 4.69) is 65.0 Å². The lowest BCUT2D eigenvalue weighted by Gasteiger charge is -2.43. The van der Waals surface area contributed by atoms with Crippen LogP contribution in [0.5, 0.6) is 5.75 Å². The zero-order chi connectivity index (χ0) is 29.0. The van der Waals surface area contributed by atoms with E-state index in [9.17, 15) is 15.0 Å². The molecule has 6 nitrogen and oxygen atoms in total. The molecule has 1 aliphatic heterocycles. The fourth-order valence-corrected chi connectivity index (χ4v) is 6.71. The van der Waals surface area contributed by atoms with Crippen LogP contribution in [0.15, 0.2) is 42.0 Å². The van der Waals surface area contributed by atoms with Crippen molar-refractivity contribution in [3.8, 4) is 5.75 Å². The molecule has 8 atom stereocenters. The number of para-hydroxylation sites is 1. The van der Waals surface area contributed by atoms with E-state index in [1.807, 2.05) is 13.0 Å². The van der Waals surface area contributed by atoms with Crippen LogP contribution in [0.4, 0.5) is 0 Å². The molecule has 4 rings (SSSR count). The summed E-state index contributed by atoms with van der Waals surface area (Å²) in [6.45, 7) is 13.3. The molecule has 0 bridgehead atoms. The van der Waals surface area contributed by atoms with Crippen molar-refractivity contribution in [2.24, 2.45) is 17.8 Å². The first-order valence-electron chi connectivity index (χ1n) is 15.5. The molecule has 1 fully saturated rings. The first-order valence-corrected chi connectivity index (χ1v) is 15.5. The largest absolute Gasteiger partial charge is 0.478 e. The number of hydrogen-bond donors (Lipinski definition) is 2. The Hall–Kier alpha value is -2.15. The summed E-state index contributed by atoms with van der Waals surface area (Å²) in [6.07, 6.45) is 8.18. The van der Waals surface area contributed by atoms with Gasteiger partial charge in [-0.05, 0) is 72.5 Å². The Kier molecular flexibility index (Phi) is 10.5. The molecule has 1 aromatic carbocycles. The summed E-state index contributed by atoms with van der Waals surface area (Å²) in [5, 5.41) is 20.8. The first-order chi connectivity index (χ1) is 19.1. The number of fused-ring (bicyclic) bond motifs is 1. The molecule has 1 unspecified atom stereocenters. The Morgan fingerprint density at radius 3 is 2.40 bits per heavy atom. The number of ether oxygens (including phenoxy) is 3. The third-order valence-electron chi connectivity index (χ3n) is 9.02. The van der Waals surface area contributed by atoms with Gasteiger partial charge in [-0.15, -0.1) is 0 Å². The van der Waals surface area contributed by atoms with Gasteiger partial charge in [-0.1, -0.05) is 78.0 Å². The summed E-state index contributed by atoms with van der Waals surface area (Å²) >= 11 is 0. The predicted octanol–water partition coefficient (Wildman–Crippen LogP) is 6.45. The number of aliphatic hydroxyl groups is 2. The Labute approximate surface area is 240 Å². The summed E-state index contributed by atoms with van der Waals surface area (Å²) in [5.74, 6) is 1.50. The lowest BCUT2D eigenvalue weighted by molar-refractivity contribution is -0.163. The number of carbonyl (C=O) groups is 1. The Bertz CT molecular complexity index is 1030. The van der Waals surface area contributed by atoms with Crippen molar-refractivity contribution >= 4 is 5.97 Å². The number of carbonyl (C=O) groups excluding carboxylic acids is 1. The van der Waals surface area contributed by atoms with E-state index < -0.39 is 18.3 Å². The fraction of sp³-hybridized carbons (Fsp3) is 0.676. The molecule has 1 heterocycles. The van der Waals surface area contributed by atoms with Crippen LogP contribution in [-0.4, -0.2) is 53.3 Å². The lowest BCUT2D eigenvalue weighted by atomic mass is 9.66. The van der Waals surface area contributed by atoms with E-state index in [1.54, 1.807) is 0 Å². The molecular weight excluding hydrogens is 504 g/mol. The first kappa shape index (κ1) is 30.8. The zero-order valence-electron chi connectivity index (χ0n) is 25.2. The van der Waals surface area contributed by atoms with Crippen molar-refractivity contribution in [1.82, 2.24) is 0 Å². The van der Waals surface area contributed by atoms with Gasteiger partial charge in [-0.25, -0.2) is 4.79 Å². The second kappa shape index (κ2) is 13.7. The van der Waals surface area contributed by atoms with Gasteiger partial charge in [0.2, 0.25) is 0 Å². The van der Waals surface area contributed by atoms with Gasteiger partial charge in [-0.3, -0.25) is 0 Å². The highest BCUT2D eigenvalue weighted by Gasteiger charge is 2.43. The summed E-state index contributed by atoms with van der Waals surface area (Å²) in [6, 6.07) is 6.22. The maximum Gasteiger partial charge on any atom is 0.347 e. The van der Waals surface area contributed by atoms with Crippen molar-refractivity contribution in [1.29, 1.82) is 0 Å². The molecule has 222 valence electrons. The van der Waals surface area contributed by atoms with Gasteiger partial charge in [-0.2, -0.15) is 0 Å². The minimum absolute atomic E-state index is 0.00699. The summed E-state index contributed by atoms with van der Waals surface area (Å²) in [4.78, 5) is 13.7. The molecule has 1 saturated heterocycles. The third-order valence-corrected chi connectivity index (χ3v) is 9.02. The SMILES string of the molecule is CCC(Oc1c(C(C)C)cccc1C(C)C)C(=O)O[C@H]1C[C@H](O)C=C2C=C[C@H](C)[C@H](CC[C@@H]3C[C@H](O)CCO3)[C@H]21. The maximum atomic E-state index is 13.7. The normalized spacial score (nSPS) is 31.1. The predicted molar refractivity (Wildman–Crippen MR) is 157 cm³/mol. The minimum atomic E-state index is -0.726. The van der Waals surface area contributed by atoms with Crippen LogP contribution in [-0.2, 0) is 14.3 Å². The van der Waals surface area contributed by atoms with Gasteiger partial charge in [0.05, 0.1) is 18.3 Å². The van der Waals surface area contributed by atoms with E-state index in [4.69, 9.17) is 14.2 Å². The van der Waals surface area contributed by atoms with Crippen molar-refractivity contribution in [2.45, 2.75) is 122 Å². The molecule has 0 aromatic heterocycles. The molecule has 0 amide bonds. The topological polar surface area (TPSA) is 85.2 Å². The number of hydrogen-bond acceptors (Lipinski definition) is 6. The molecule has 0 radical (unpaired) electrons. The number of allylic oxidation sites excluding steroid dienone is 2. The molecule has 40 heavy (non-hydrogen) atoms. The van der Waals surface area contributed by atoms with Crippen molar-refractivity contribution < 1.29 is 29.2 Å². The molecule has 3 aliphatic rings. The third kappa shape index (κ3) is 7.18. The molecule has 2 N–H and O–H groups in total. The van der Waals surface area contributed by atoms with Gasteiger partial charge in [0.15, 0.2) is 6.10 Å². The molecule has 0 spiro atoms. The van der Waals surface area contributed by atoms with Crippen molar-refractivity contribution in [2.75, 3.05) is 6.61 Å². The summed E-state index contributed by atoms with van der Waals surface area (Å²) < 4.78 is 18.7. The molecule has 0 saturated carbocycles. The van der Waals surface area contributed by atoms with E-state index in [1.165, 1.54) is 0 Å². The highest BCUT2D eigenvalue weighted by atomic mass is 16.6. The van der Waals surface area contributed by atoms with Gasteiger partial charge in [0.1, 0.15) is 11.9 Å². The highest BCUT2D eigenvalue weighted by Crippen LogP contribution is 2.44. The molecule has 2 aliphatic carbocycles. The minimum Gasteiger partial charge on any atom is -0.478 e. The second-order valence-electron chi connectivity index (χ2n) is 12.7. The van der Waals surface area contributed by atoms with Crippen molar-refractivity contribution in [3.63, 3.8) is 0 Å². The monoisotopic (exact) mass is 554 g/mol. The standard InChI is InChI=1S/C34H50O6/c1-7-30(39-33-27(20(2)3)9-8-10-28(33)21(4)5)34(37)40-31-19-25(36)17-23-12-11-22(6)29(32(23)31)14-13-26-18-24(35)15-16-38-26/h8-12,17,20-22,24-26,29-32,35-36H,7,13-16,18-19H2,1-6H3/t22-,24+,25+,26+,29-,30?,31-,32-/m0/s1. The van der Waals surface area contributed by atoms with Gasteiger partial charge >= 0.3 is 5.97 Å². The number of esters is 1. The summed E-state index contributed by atoms with van der Waals surface area (Å²) in [7, 11) is 0. The van der Waals surface area contributed by atoms with E-state index in [-0.39, 0.29) is 41.8 Å². The van der Waals surface area contributed by atoms with E-state index >= 15 is 0 Å². The smallest absolute Gasteiger partial charge is 0.347 e. The Morgan fingerprint density at radius 2 is 1.77 bits per heavy atom. The number of benzene rings is 1. The van der Waals surface area contributed by atoms with Crippen LogP contribution < -0.4 is 4.74 Å². The lowest BCUT2D eigenvalue weighted by Crippen LogP contribution is -2.44. The fourth-order valence-electron chi connectivity index (χ4n) is 6.71. The second-order valence-corrected chi connectivity index (χ2v) is 12.7. The van der Waals surface area contributed by atoms with Crippen LogP contribution in [0.2, 0.25) is 0 Å². The van der Waals surface area contributed by atoms with E-state index in [0.29, 0.717) is 38.2 Å². The average molecular weight is 555 g/mol. The maximum absolute atomic E-state index is 13.7. The van der Waals surface area contributed by atoms with Gasteiger partial charge in [0.25, 0.3) is 0 Å². The van der Waals surface area contributed by atoms with E-state index in [0.717, 1.165) is 35.3 Å². The highest BCUT2D eigenvalue weighted by molar-refractivity contribution is 5.75. The Balaban J connectivity index is 1.53. The van der Waals surface area contributed by atoms with Gasteiger partial charge in [0, 0.05) is 18.9 Å². The van der Waals surface area contributed by atoms with Gasteiger partial charge < -0.3 is 24.4 Å². The summed E-state index contributed by atoms with van der Waals surface area (Å²) in [5.41, 5.74) is 3.24. The molecule has 6 heteroatoms. The number of aliphatic hydroxyl groups excluding tert-OH is 2. The Morgan fingerprint density at radius 1 is 1.07 bits per heavy atom. The number of rotatable bonds is 10. The molecular formula is C34H50O6. The van der Waals surface area contributed by atoms with Crippen LogP contribution in [0.1, 0.15) is 103 Å². The van der Waals surface area contributed by atoms with Crippen LogP contribution in [0.25, 0.3) is 0 Å². The van der Waals surface area contributed by atoms with Crippen LogP contribution in [0.3, 0.4) is 0 Å². The molecule has 1 aromatic rings. The van der Waals surface area contributed by atoms with Crippen LogP contribution in [0, 0.1) is 17.8 Å². The average Bonchev–Trinajstić information content (AvgIpc) is 2.90. The zero-order valence-corrected chi connectivity index (χ0v) is 25.2. The van der Waals surface area contributed by atoms with Crippen molar-refractivity contribution in [3.05, 3.63) is 53.1 Å². The van der Waals surface area contributed by atoms with Crippen LogP contribution >= 0.6 is 0 Å². The quantitative estimate of drug-likeness (QED) is 0.323.